The minimum absolute atomic E-state index is 0.148. The Morgan fingerprint density at radius 3 is 2.68 bits per heavy atom. The van der Waals surface area contributed by atoms with E-state index in [0.717, 1.165) is 11.1 Å². The Balaban J connectivity index is 1.28. The average Bonchev–Trinajstić information content (AvgIpc) is 3.33. The SMILES string of the molecule is Cc1ccc(Cn2nnc3c(=O)[nH]c([C@@H]4CCCN(S(=O)(=O)c5ccc6c(c5)OCCO6)C4)nc32)cc1. The molecule has 2 aliphatic heterocycles. The van der Waals surface area contributed by atoms with Crippen molar-refractivity contribution in [3.8, 4) is 11.5 Å². The van der Waals surface area contributed by atoms with E-state index in [4.69, 9.17) is 14.5 Å². The van der Waals surface area contributed by atoms with Gasteiger partial charge in [0.2, 0.25) is 10.0 Å². The molecule has 11 nitrogen and oxygen atoms in total. The van der Waals surface area contributed by atoms with Gasteiger partial charge in [-0.25, -0.2) is 18.1 Å². The molecule has 6 rings (SSSR count). The monoisotopic (exact) mass is 522 g/mol. The molecule has 0 spiro atoms. The first kappa shape index (κ1) is 23.6. The van der Waals surface area contributed by atoms with E-state index in [1.54, 1.807) is 10.7 Å². The zero-order valence-corrected chi connectivity index (χ0v) is 21.1. The van der Waals surface area contributed by atoms with Gasteiger partial charge in [0, 0.05) is 25.1 Å². The zero-order chi connectivity index (χ0) is 25.6. The maximum Gasteiger partial charge on any atom is 0.281 e. The molecule has 0 saturated carbocycles. The third-order valence-corrected chi connectivity index (χ3v) is 8.63. The highest BCUT2D eigenvalue weighted by Crippen LogP contribution is 2.35. The van der Waals surface area contributed by atoms with Gasteiger partial charge in [-0.3, -0.25) is 4.79 Å². The average molecular weight is 523 g/mol. The van der Waals surface area contributed by atoms with Gasteiger partial charge >= 0.3 is 0 Å². The first-order chi connectivity index (χ1) is 17.9. The highest BCUT2D eigenvalue weighted by molar-refractivity contribution is 7.89. The lowest BCUT2D eigenvalue weighted by atomic mass is 9.99. The Hall–Kier alpha value is -3.77. The molecule has 1 fully saturated rings. The number of aryl methyl sites for hydroxylation is 1. The largest absolute Gasteiger partial charge is 0.486 e. The minimum Gasteiger partial charge on any atom is -0.486 e. The van der Waals surface area contributed by atoms with Crippen molar-refractivity contribution in [2.45, 2.75) is 37.1 Å². The van der Waals surface area contributed by atoms with Crippen molar-refractivity contribution in [3.63, 3.8) is 0 Å². The smallest absolute Gasteiger partial charge is 0.281 e. The van der Waals surface area contributed by atoms with Gasteiger partial charge in [-0.05, 0) is 37.5 Å². The molecule has 192 valence electrons. The molecule has 37 heavy (non-hydrogen) atoms. The lowest BCUT2D eigenvalue weighted by Gasteiger charge is -2.31. The molecule has 1 atom stereocenters. The van der Waals surface area contributed by atoms with Crippen molar-refractivity contribution in [2.24, 2.45) is 0 Å². The number of aromatic nitrogens is 5. The highest BCUT2D eigenvalue weighted by Gasteiger charge is 2.33. The Labute approximate surface area is 213 Å². The lowest BCUT2D eigenvalue weighted by molar-refractivity contribution is 0.171. The quantitative estimate of drug-likeness (QED) is 0.422. The fourth-order valence-corrected chi connectivity index (χ4v) is 6.31. The number of ether oxygens (including phenoxy) is 2. The second-order valence-corrected chi connectivity index (χ2v) is 11.3. The van der Waals surface area contributed by atoms with Crippen LogP contribution in [-0.4, -0.2) is 64.0 Å². The second-order valence-electron chi connectivity index (χ2n) is 9.36. The Morgan fingerprint density at radius 2 is 1.86 bits per heavy atom. The predicted octanol–water partition coefficient (Wildman–Crippen LogP) is 2.21. The second kappa shape index (κ2) is 9.27. The molecule has 4 aromatic rings. The maximum absolute atomic E-state index is 13.5. The highest BCUT2D eigenvalue weighted by atomic mass is 32.2. The molecule has 4 heterocycles. The van der Waals surface area contributed by atoms with Crippen molar-refractivity contribution >= 4 is 21.2 Å². The summed E-state index contributed by atoms with van der Waals surface area (Å²) in [5.41, 5.74) is 2.31. The molecule has 2 aromatic heterocycles. The molecule has 2 aliphatic rings. The minimum atomic E-state index is -3.78. The standard InChI is InChI=1S/C25H26N6O5S/c1-16-4-6-17(7-5-16)14-31-24-22(28-29-31)25(32)27-23(26-24)18-3-2-10-30(15-18)37(33,34)19-8-9-20-21(13-19)36-12-11-35-20/h4-9,13,18H,2-3,10-12,14-15H2,1H3,(H,26,27,32)/t18-/m1/s1. The van der Waals surface area contributed by atoms with Crippen LogP contribution in [0.5, 0.6) is 11.5 Å². The topological polar surface area (TPSA) is 132 Å². The van der Waals surface area contributed by atoms with E-state index in [1.165, 1.54) is 16.4 Å². The number of H-pyrrole nitrogens is 1. The summed E-state index contributed by atoms with van der Waals surface area (Å²) in [6.07, 6.45) is 1.33. The van der Waals surface area contributed by atoms with Crippen molar-refractivity contribution in [1.29, 1.82) is 0 Å². The van der Waals surface area contributed by atoms with Gasteiger partial charge in [0.25, 0.3) is 5.56 Å². The van der Waals surface area contributed by atoms with Crippen LogP contribution in [-0.2, 0) is 16.6 Å². The molecule has 1 saturated heterocycles. The number of hydrogen-bond donors (Lipinski definition) is 1. The molecule has 1 N–H and O–H groups in total. The Bertz CT molecular complexity index is 1630. The van der Waals surface area contributed by atoms with Crippen LogP contribution >= 0.6 is 0 Å². The summed E-state index contributed by atoms with van der Waals surface area (Å²) in [7, 11) is -3.78. The molecular formula is C25H26N6O5S. The molecule has 2 aromatic carbocycles. The van der Waals surface area contributed by atoms with E-state index >= 15 is 0 Å². The normalized spacial score (nSPS) is 18.2. The number of benzene rings is 2. The number of rotatable bonds is 5. The first-order valence-electron chi connectivity index (χ1n) is 12.2. The fourth-order valence-electron chi connectivity index (χ4n) is 4.77. The summed E-state index contributed by atoms with van der Waals surface area (Å²) in [4.78, 5) is 20.5. The van der Waals surface area contributed by atoms with E-state index in [1.807, 2.05) is 31.2 Å². The lowest BCUT2D eigenvalue weighted by Crippen LogP contribution is -2.40. The number of nitrogens with zero attached hydrogens (tertiary/aromatic N) is 5. The predicted molar refractivity (Wildman–Crippen MR) is 134 cm³/mol. The number of piperidine rings is 1. The molecular weight excluding hydrogens is 496 g/mol. The van der Waals surface area contributed by atoms with Crippen molar-refractivity contribution in [2.75, 3.05) is 26.3 Å². The summed E-state index contributed by atoms with van der Waals surface area (Å²) < 4.78 is 41.1. The van der Waals surface area contributed by atoms with Gasteiger partial charge < -0.3 is 14.5 Å². The third-order valence-electron chi connectivity index (χ3n) is 6.77. The van der Waals surface area contributed by atoms with Gasteiger partial charge in [0.15, 0.2) is 22.7 Å². The van der Waals surface area contributed by atoms with E-state index < -0.39 is 10.0 Å². The molecule has 0 bridgehead atoms. The molecule has 12 heteroatoms. The van der Waals surface area contributed by atoms with Crippen molar-refractivity contribution in [3.05, 3.63) is 69.8 Å². The number of hydrogen-bond acceptors (Lipinski definition) is 8. The fraction of sp³-hybridized carbons (Fsp3) is 0.360. The summed E-state index contributed by atoms with van der Waals surface area (Å²) in [5.74, 6) is 1.12. The summed E-state index contributed by atoms with van der Waals surface area (Å²) in [6, 6.07) is 12.7. The number of nitrogens with one attached hydrogen (secondary N) is 1. The van der Waals surface area contributed by atoms with Crippen LogP contribution in [0.1, 0.15) is 35.7 Å². The van der Waals surface area contributed by atoms with Crippen LogP contribution in [0.3, 0.4) is 0 Å². The van der Waals surface area contributed by atoms with Crippen LogP contribution in [0.25, 0.3) is 11.2 Å². The molecule has 0 amide bonds. The van der Waals surface area contributed by atoms with Crippen LogP contribution in [0.2, 0.25) is 0 Å². The summed E-state index contributed by atoms with van der Waals surface area (Å²) in [5, 5.41) is 8.17. The zero-order valence-electron chi connectivity index (χ0n) is 20.3. The van der Waals surface area contributed by atoms with E-state index in [-0.39, 0.29) is 28.4 Å². The van der Waals surface area contributed by atoms with Crippen LogP contribution < -0.4 is 15.0 Å². The molecule has 0 aliphatic carbocycles. The van der Waals surface area contributed by atoms with Crippen LogP contribution in [0, 0.1) is 6.92 Å². The van der Waals surface area contributed by atoms with E-state index in [0.29, 0.717) is 62.1 Å². The van der Waals surface area contributed by atoms with Crippen LogP contribution in [0.15, 0.2) is 52.2 Å². The number of fused-ring (bicyclic) bond motifs is 2. The van der Waals surface area contributed by atoms with Gasteiger partial charge in [0.05, 0.1) is 11.4 Å². The summed E-state index contributed by atoms with van der Waals surface area (Å²) >= 11 is 0. The molecule has 0 unspecified atom stereocenters. The maximum atomic E-state index is 13.5. The molecule has 0 radical (unpaired) electrons. The van der Waals surface area contributed by atoms with Gasteiger partial charge in [0.1, 0.15) is 19.0 Å². The van der Waals surface area contributed by atoms with Crippen LogP contribution in [0.4, 0.5) is 0 Å². The number of sulfonamides is 1. The number of aromatic amines is 1. The Kier molecular flexibility index (Phi) is 5.92. The third kappa shape index (κ3) is 4.46. The van der Waals surface area contributed by atoms with Gasteiger partial charge in [-0.2, -0.15) is 4.31 Å². The van der Waals surface area contributed by atoms with Gasteiger partial charge in [-0.15, -0.1) is 5.10 Å². The Morgan fingerprint density at radius 1 is 1.08 bits per heavy atom. The van der Waals surface area contributed by atoms with Gasteiger partial charge in [-0.1, -0.05) is 35.0 Å². The van der Waals surface area contributed by atoms with E-state index in [2.05, 4.69) is 15.3 Å². The summed E-state index contributed by atoms with van der Waals surface area (Å²) in [6.45, 7) is 3.82. The van der Waals surface area contributed by atoms with E-state index in [9.17, 15) is 13.2 Å². The van der Waals surface area contributed by atoms with Crippen molar-refractivity contribution in [1.82, 2.24) is 29.3 Å². The first-order valence-corrected chi connectivity index (χ1v) is 13.6. The van der Waals surface area contributed by atoms with Crippen molar-refractivity contribution < 1.29 is 17.9 Å².